The molecule has 2 fully saturated rings. The van der Waals surface area contributed by atoms with Crippen molar-refractivity contribution in [2.45, 2.75) is 76.5 Å². The zero-order valence-corrected chi connectivity index (χ0v) is 19.4. The van der Waals surface area contributed by atoms with E-state index in [1.807, 2.05) is 0 Å². The van der Waals surface area contributed by atoms with Gasteiger partial charge in [0.25, 0.3) is 0 Å². The molecule has 12 nitrogen and oxygen atoms in total. The molecule has 0 aromatic rings. The lowest BCUT2D eigenvalue weighted by molar-refractivity contribution is -0.144. The lowest BCUT2D eigenvalue weighted by Gasteiger charge is -2.29. The first-order valence-corrected chi connectivity index (χ1v) is 11.5. The Morgan fingerprint density at radius 2 is 1.88 bits per heavy atom. The highest BCUT2D eigenvalue weighted by atomic mass is 16.4. The maximum Gasteiger partial charge on any atom is 0.326 e. The standard InChI is InChI=1S/C21H37N7O5/c1-12(2)16(20(32)33)27-17(29)13(6-3-10-25-21(22)23)26-18(30)15-8-5-11-28(15)19(31)14-7-4-9-24-14/h12-16,24H,3-11H2,1-2H3,(H,26,30)(H,27,29)(H,32,33)(H4,22,23,25). The van der Waals surface area contributed by atoms with Crippen molar-refractivity contribution >= 4 is 29.7 Å². The summed E-state index contributed by atoms with van der Waals surface area (Å²) in [5.74, 6) is -2.68. The van der Waals surface area contributed by atoms with Crippen LogP contribution in [0.3, 0.4) is 0 Å². The van der Waals surface area contributed by atoms with E-state index in [9.17, 15) is 24.3 Å². The van der Waals surface area contributed by atoms with Crippen LogP contribution in [0.5, 0.6) is 0 Å². The predicted molar refractivity (Wildman–Crippen MR) is 122 cm³/mol. The van der Waals surface area contributed by atoms with Crippen LogP contribution in [-0.2, 0) is 19.2 Å². The van der Waals surface area contributed by atoms with Crippen LogP contribution in [0.4, 0.5) is 0 Å². The Balaban J connectivity index is 2.08. The molecule has 12 heteroatoms. The average molecular weight is 468 g/mol. The molecule has 4 unspecified atom stereocenters. The van der Waals surface area contributed by atoms with E-state index in [1.165, 1.54) is 0 Å². The molecule has 0 aromatic carbocycles. The van der Waals surface area contributed by atoms with Gasteiger partial charge in [-0.2, -0.15) is 0 Å². The number of hydrogen-bond acceptors (Lipinski definition) is 6. The monoisotopic (exact) mass is 467 g/mol. The van der Waals surface area contributed by atoms with Crippen molar-refractivity contribution in [3.8, 4) is 0 Å². The molecule has 2 rings (SSSR count). The van der Waals surface area contributed by atoms with Gasteiger partial charge in [0.05, 0.1) is 6.04 Å². The van der Waals surface area contributed by atoms with Crippen molar-refractivity contribution in [1.82, 2.24) is 20.9 Å². The number of carbonyl (C=O) groups excluding carboxylic acids is 3. The number of hydrogen-bond donors (Lipinski definition) is 6. The van der Waals surface area contributed by atoms with Crippen molar-refractivity contribution in [3.63, 3.8) is 0 Å². The summed E-state index contributed by atoms with van der Waals surface area (Å²) >= 11 is 0. The Kier molecular flexibility index (Phi) is 9.89. The topological polar surface area (TPSA) is 192 Å². The van der Waals surface area contributed by atoms with Crippen LogP contribution in [-0.4, -0.2) is 83.5 Å². The van der Waals surface area contributed by atoms with Gasteiger partial charge in [-0.05, 0) is 51.0 Å². The third-order valence-electron chi connectivity index (χ3n) is 6.01. The quantitative estimate of drug-likeness (QED) is 0.120. The van der Waals surface area contributed by atoms with Crippen LogP contribution in [0.2, 0.25) is 0 Å². The highest BCUT2D eigenvalue weighted by molar-refractivity contribution is 5.94. The van der Waals surface area contributed by atoms with Gasteiger partial charge in [0.1, 0.15) is 18.1 Å². The second-order valence-electron chi connectivity index (χ2n) is 8.92. The summed E-state index contributed by atoms with van der Waals surface area (Å²) in [6.07, 6.45) is 3.48. The molecule has 3 amide bonds. The number of nitrogens with zero attached hydrogens (tertiary/aromatic N) is 2. The van der Waals surface area contributed by atoms with Crippen molar-refractivity contribution in [2.75, 3.05) is 19.6 Å². The summed E-state index contributed by atoms with van der Waals surface area (Å²) in [7, 11) is 0. The normalized spacial score (nSPS) is 22.0. The number of guanidine groups is 1. The Hall–Kier alpha value is -2.89. The van der Waals surface area contributed by atoms with Crippen LogP contribution >= 0.6 is 0 Å². The van der Waals surface area contributed by atoms with Gasteiger partial charge in [-0.15, -0.1) is 0 Å². The van der Waals surface area contributed by atoms with E-state index in [-0.39, 0.29) is 36.8 Å². The maximum absolute atomic E-state index is 13.1. The summed E-state index contributed by atoms with van der Waals surface area (Å²) in [5.41, 5.74) is 10.7. The number of amides is 3. The molecule has 0 saturated carbocycles. The van der Waals surface area contributed by atoms with E-state index in [1.54, 1.807) is 18.7 Å². The molecule has 0 radical (unpaired) electrons. The summed E-state index contributed by atoms with van der Waals surface area (Å²) in [5, 5.41) is 17.8. The number of rotatable bonds is 11. The largest absolute Gasteiger partial charge is 0.480 e. The molecule has 2 saturated heterocycles. The van der Waals surface area contributed by atoms with E-state index in [0.29, 0.717) is 25.8 Å². The number of likely N-dealkylation sites (tertiary alicyclic amines) is 1. The molecular weight excluding hydrogens is 430 g/mol. The fourth-order valence-corrected chi connectivity index (χ4v) is 4.21. The molecule has 2 aliphatic rings. The molecule has 2 heterocycles. The fraction of sp³-hybridized carbons (Fsp3) is 0.762. The van der Waals surface area contributed by atoms with Crippen molar-refractivity contribution in [2.24, 2.45) is 22.4 Å². The van der Waals surface area contributed by atoms with Crippen LogP contribution in [0.15, 0.2) is 4.99 Å². The van der Waals surface area contributed by atoms with Crippen molar-refractivity contribution < 1.29 is 24.3 Å². The van der Waals surface area contributed by atoms with E-state index >= 15 is 0 Å². The molecule has 0 aliphatic carbocycles. The number of aliphatic imine (C=N–C) groups is 1. The maximum atomic E-state index is 13.1. The molecule has 0 aromatic heterocycles. The highest BCUT2D eigenvalue weighted by Gasteiger charge is 2.39. The molecule has 8 N–H and O–H groups in total. The smallest absolute Gasteiger partial charge is 0.326 e. The first-order valence-electron chi connectivity index (χ1n) is 11.5. The van der Waals surface area contributed by atoms with Crippen LogP contribution in [0.1, 0.15) is 52.4 Å². The lowest BCUT2D eigenvalue weighted by atomic mass is 10.0. The molecule has 186 valence electrons. The lowest BCUT2D eigenvalue weighted by Crippen LogP contribution is -2.57. The Morgan fingerprint density at radius 3 is 2.45 bits per heavy atom. The predicted octanol–water partition coefficient (Wildman–Crippen LogP) is -1.51. The first-order chi connectivity index (χ1) is 15.6. The van der Waals surface area contributed by atoms with Crippen molar-refractivity contribution in [1.29, 1.82) is 0 Å². The minimum absolute atomic E-state index is 0.0774. The van der Waals surface area contributed by atoms with Gasteiger partial charge in [-0.25, -0.2) is 4.79 Å². The van der Waals surface area contributed by atoms with Gasteiger partial charge >= 0.3 is 5.97 Å². The van der Waals surface area contributed by atoms with Crippen molar-refractivity contribution in [3.05, 3.63) is 0 Å². The number of nitrogens with one attached hydrogen (secondary N) is 3. The minimum Gasteiger partial charge on any atom is -0.480 e. The van der Waals surface area contributed by atoms with Crippen LogP contribution in [0.25, 0.3) is 0 Å². The number of carbonyl (C=O) groups is 4. The van der Waals surface area contributed by atoms with Crippen LogP contribution in [0, 0.1) is 5.92 Å². The average Bonchev–Trinajstić information content (AvgIpc) is 3.44. The number of aliphatic carboxylic acids is 1. The number of nitrogens with two attached hydrogens (primary N) is 2. The van der Waals surface area contributed by atoms with E-state index in [0.717, 1.165) is 19.4 Å². The van der Waals surface area contributed by atoms with E-state index < -0.39 is 35.9 Å². The summed E-state index contributed by atoms with van der Waals surface area (Å²) in [6.45, 7) is 4.90. The van der Waals surface area contributed by atoms with Gasteiger partial charge in [0, 0.05) is 13.1 Å². The fourth-order valence-electron chi connectivity index (χ4n) is 4.21. The molecule has 0 bridgehead atoms. The summed E-state index contributed by atoms with van der Waals surface area (Å²) in [6, 6.07) is -3.00. The molecule has 2 aliphatic heterocycles. The second-order valence-corrected chi connectivity index (χ2v) is 8.92. The zero-order valence-electron chi connectivity index (χ0n) is 19.4. The third-order valence-corrected chi connectivity index (χ3v) is 6.01. The van der Waals surface area contributed by atoms with Gasteiger partial charge in [0.15, 0.2) is 5.96 Å². The van der Waals surface area contributed by atoms with E-state index in [2.05, 4.69) is 20.9 Å². The number of carboxylic acids is 1. The molecular formula is C21H37N7O5. The molecule has 4 atom stereocenters. The van der Waals surface area contributed by atoms with Crippen LogP contribution < -0.4 is 27.4 Å². The molecule has 0 spiro atoms. The summed E-state index contributed by atoms with van der Waals surface area (Å²) < 4.78 is 0. The Labute approximate surface area is 193 Å². The SMILES string of the molecule is CC(C)C(NC(=O)C(CCCN=C(N)N)NC(=O)C1CCCN1C(=O)C1CCCN1)C(=O)O. The van der Waals surface area contributed by atoms with E-state index in [4.69, 9.17) is 11.5 Å². The van der Waals surface area contributed by atoms with Gasteiger partial charge in [-0.1, -0.05) is 13.8 Å². The highest BCUT2D eigenvalue weighted by Crippen LogP contribution is 2.21. The minimum atomic E-state index is -1.15. The molecule has 33 heavy (non-hydrogen) atoms. The van der Waals surface area contributed by atoms with Gasteiger partial charge in [0.2, 0.25) is 17.7 Å². The van der Waals surface area contributed by atoms with Gasteiger partial charge in [-0.3, -0.25) is 19.4 Å². The Morgan fingerprint density at radius 1 is 1.15 bits per heavy atom. The zero-order chi connectivity index (χ0) is 24.5. The first kappa shape index (κ1) is 26.4. The summed E-state index contributed by atoms with van der Waals surface area (Å²) in [4.78, 5) is 55.8. The van der Waals surface area contributed by atoms with Gasteiger partial charge < -0.3 is 37.4 Å². The second kappa shape index (κ2) is 12.4. The number of carboxylic acid groups (broad SMARTS) is 1. The Bertz CT molecular complexity index is 747. The third kappa shape index (κ3) is 7.58.